The van der Waals surface area contributed by atoms with Crippen LogP contribution in [0.5, 0.6) is 0 Å². The van der Waals surface area contributed by atoms with E-state index in [1.165, 1.54) is 18.6 Å². The van der Waals surface area contributed by atoms with Crippen molar-refractivity contribution in [2.24, 2.45) is 0 Å². The van der Waals surface area contributed by atoms with Gasteiger partial charge in [-0.15, -0.1) is 0 Å². The third kappa shape index (κ3) is 3.23. The Balaban J connectivity index is 1.64. The van der Waals surface area contributed by atoms with Crippen molar-refractivity contribution < 1.29 is 9.53 Å². The number of carbonyl (C=O) groups is 1. The van der Waals surface area contributed by atoms with E-state index in [-0.39, 0.29) is 5.91 Å². The quantitative estimate of drug-likeness (QED) is 0.934. The maximum absolute atomic E-state index is 12.0. The van der Waals surface area contributed by atoms with Crippen molar-refractivity contribution in [3.05, 3.63) is 48.5 Å². The Labute approximate surface area is 129 Å². The Hall–Kier alpha value is -2.47. The summed E-state index contributed by atoms with van der Waals surface area (Å²) in [5, 5.41) is 2.81. The number of aromatic nitrogens is 2. The minimum atomic E-state index is -0.263. The highest BCUT2D eigenvalue weighted by atomic mass is 16.5. The summed E-state index contributed by atoms with van der Waals surface area (Å²) in [6, 6.07) is 7.79. The lowest BCUT2D eigenvalue weighted by molar-refractivity contribution is 0.102. The van der Waals surface area contributed by atoms with Crippen LogP contribution < -0.4 is 10.2 Å². The van der Waals surface area contributed by atoms with Crippen LogP contribution in [0.1, 0.15) is 16.9 Å². The monoisotopic (exact) mass is 298 g/mol. The van der Waals surface area contributed by atoms with Crippen molar-refractivity contribution in [1.82, 2.24) is 9.97 Å². The van der Waals surface area contributed by atoms with Gasteiger partial charge in [0.1, 0.15) is 5.69 Å². The molecule has 2 heterocycles. The molecule has 0 aliphatic carbocycles. The third-order valence-electron chi connectivity index (χ3n) is 3.76. The topological polar surface area (TPSA) is 67.3 Å². The summed E-state index contributed by atoms with van der Waals surface area (Å²) < 4.78 is 5.38. The van der Waals surface area contributed by atoms with Crippen molar-refractivity contribution in [3.8, 4) is 0 Å². The number of hydrogen-bond acceptors (Lipinski definition) is 5. The lowest BCUT2D eigenvalue weighted by atomic mass is 10.2. The van der Waals surface area contributed by atoms with Gasteiger partial charge in [0.15, 0.2) is 0 Å². The zero-order chi connectivity index (χ0) is 15.4. The van der Waals surface area contributed by atoms with Crippen LogP contribution in [0.25, 0.3) is 0 Å². The molecule has 1 fully saturated rings. The first-order chi connectivity index (χ1) is 10.8. The van der Waals surface area contributed by atoms with E-state index in [1.807, 2.05) is 24.3 Å². The Morgan fingerprint density at radius 2 is 2.14 bits per heavy atom. The lowest BCUT2D eigenvalue weighted by Gasteiger charge is -2.18. The molecule has 0 bridgehead atoms. The van der Waals surface area contributed by atoms with Crippen molar-refractivity contribution in [2.45, 2.75) is 12.5 Å². The number of carbonyl (C=O) groups excluding carboxylic acids is 1. The van der Waals surface area contributed by atoms with Gasteiger partial charge < -0.3 is 15.0 Å². The van der Waals surface area contributed by atoms with Gasteiger partial charge in [0, 0.05) is 44.0 Å². The molecule has 3 rings (SSSR count). The number of nitrogens with one attached hydrogen (secondary N) is 1. The number of ether oxygens (including phenoxy) is 1. The highest BCUT2D eigenvalue weighted by Gasteiger charge is 2.22. The first-order valence-corrected chi connectivity index (χ1v) is 7.21. The molecule has 1 saturated heterocycles. The van der Waals surface area contributed by atoms with Crippen LogP contribution in [0.3, 0.4) is 0 Å². The maximum Gasteiger partial charge on any atom is 0.275 e. The van der Waals surface area contributed by atoms with E-state index in [0.29, 0.717) is 11.8 Å². The molecule has 22 heavy (non-hydrogen) atoms. The second kappa shape index (κ2) is 6.53. The zero-order valence-electron chi connectivity index (χ0n) is 12.4. The summed E-state index contributed by atoms with van der Waals surface area (Å²) in [7, 11) is 1.75. The molecule has 2 aromatic rings. The second-order valence-electron chi connectivity index (χ2n) is 5.18. The molecule has 114 valence electrons. The van der Waals surface area contributed by atoms with Gasteiger partial charge in [0.2, 0.25) is 0 Å². The van der Waals surface area contributed by atoms with E-state index in [2.05, 4.69) is 20.2 Å². The molecule has 1 aromatic heterocycles. The van der Waals surface area contributed by atoms with E-state index in [0.717, 1.165) is 30.9 Å². The SMILES string of the molecule is CO[C@H]1CCN(c2ccc(NC(=O)c3cnccn3)cc2)C1. The Bertz CT molecular complexity index is 630. The number of anilines is 2. The molecule has 1 atom stereocenters. The first-order valence-electron chi connectivity index (χ1n) is 7.21. The molecule has 1 amide bonds. The molecular formula is C16H18N4O2. The van der Waals surface area contributed by atoms with Gasteiger partial charge in [0.25, 0.3) is 5.91 Å². The Morgan fingerprint density at radius 3 is 2.77 bits per heavy atom. The van der Waals surface area contributed by atoms with Gasteiger partial charge in [-0.05, 0) is 30.7 Å². The van der Waals surface area contributed by atoms with Crippen LogP contribution in [0.2, 0.25) is 0 Å². The normalized spacial score (nSPS) is 17.5. The average molecular weight is 298 g/mol. The number of benzene rings is 1. The number of methoxy groups -OCH3 is 1. The molecule has 1 aromatic carbocycles. The fourth-order valence-electron chi connectivity index (χ4n) is 2.52. The highest BCUT2D eigenvalue weighted by molar-refractivity contribution is 6.02. The summed E-state index contributed by atoms with van der Waals surface area (Å²) in [4.78, 5) is 22.1. The van der Waals surface area contributed by atoms with Crippen LogP contribution in [-0.4, -0.2) is 42.2 Å². The van der Waals surface area contributed by atoms with Crippen molar-refractivity contribution in [3.63, 3.8) is 0 Å². The van der Waals surface area contributed by atoms with E-state index < -0.39 is 0 Å². The average Bonchev–Trinajstić information content (AvgIpc) is 3.05. The minimum absolute atomic E-state index is 0.263. The number of amides is 1. The summed E-state index contributed by atoms with van der Waals surface area (Å²) in [5.41, 5.74) is 2.17. The van der Waals surface area contributed by atoms with E-state index in [4.69, 9.17) is 4.74 Å². The number of hydrogen-bond donors (Lipinski definition) is 1. The van der Waals surface area contributed by atoms with Crippen LogP contribution >= 0.6 is 0 Å². The van der Waals surface area contributed by atoms with E-state index in [1.54, 1.807) is 7.11 Å². The first kappa shape index (κ1) is 14.5. The highest BCUT2D eigenvalue weighted by Crippen LogP contribution is 2.23. The predicted molar refractivity (Wildman–Crippen MR) is 84.1 cm³/mol. The fraction of sp³-hybridized carbons (Fsp3) is 0.312. The second-order valence-corrected chi connectivity index (χ2v) is 5.18. The zero-order valence-corrected chi connectivity index (χ0v) is 12.4. The summed E-state index contributed by atoms with van der Waals surface area (Å²) >= 11 is 0. The van der Waals surface area contributed by atoms with Crippen LogP contribution in [0.15, 0.2) is 42.9 Å². The van der Waals surface area contributed by atoms with Crippen LogP contribution in [0, 0.1) is 0 Å². The van der Waals surface area contributed by atoms with Crippen molar-refractivity contribution in [1.29, 1.82) is 0 Å². The van der Waals surface area contributed by atoms with Crippen molar-refractivity contribution in [2.75, 3.05) is 30.4 Å². The third-order valence-corrected chi connectivity index (χ3v) is 3.76. The Kier molecular flexibility index (Phi) is 4.29. The molecule has 1 aliphatic rings. The standard InChI is InChI=1S/C16H18N4O2/c1-22-14-6-9-20(11-14)13-4-2-12(3-5-13)19-16(21)15-10-17-7-8-18-15/h2-5,7-8,10,14H,6,9,11H2,1H3,(H,19,21)/t14-/m0/s1. The van der Waals surface area contributed by atoms with E-state index >= 15 is 0 Å². The number of nitrogens with zero attached hydrogens (tertiary/aromatic N) is 3. The van der Waals surface area contributed by atoms with Crippen LogP contribution in [0.4, 0.5) is 11.4 Å². The van der Waals surface area contributed by atoms with Gasteiger partial charge in [-0.2, -0.15) is 0 Å². The molecule has 0 radical (unpaired) electrons. The smallest absolute Gasteiger partial charge is 0.275 e. The molecule has 1 aliphatic heterocycles. The molecule has 0 spiro atoms. The van der Waals surface area contributed by atoms with Crippen molar-refractivity contribution >= 4 is 17.3 Å². The van der Waals surface area contributed by atoms with Crippen LogP contribution in [-0.2, 0) is 4.74 Å². The molecule has 6 heteroatoms. The van der Waals surface area contributed by atoms with Gasteiger partial charge in [0.05, 0.1) is 12.3 Å². The summed E-state index contributed by atoms with van der Waals surface area (Å²) in [6.45, 7) is 1.89. The summed E-state index contributed by atoms with van der Waals surface area (Å²) in [6.07, 6.45) is 5.82. The van der Waals surface area contributed by atoms with E-state index in [9.17, 15) is 4.79 Å². The van der Waals surface area contributed by atoms with Gasteiger partial charge in [-0.3, -0.25) is 9.78 Å². The Morgan fingerprint density at radius 1 is 1.32 bits per heavy atom. The maximum atomic E-state index is 12.0. The number of rotatable bonds is 4. The predicted octanol–water partition coefficient (Wildman–Crippen LogP) is 1.95. The lowest BCUT2D eigenvalue weighted by Crippen LogP contribution is -2.22. The minimum Gasteiger partial charge on any atom is -0.380 e. The summed E-state index contributed by atoms with van der Waals surface area (Å²) in [5.74, 6) is -0.263. The van der Waals surface area contributed by atoms with Gasteiger partial charge >= 0.3 is 0 Å². The van der Waals surface area contributed by atoms with Gasteiger partial charge in [-0.25, -0.2) is 4.98 Å². The molecular weight excluding hydrogens is 280 g/mol. The molecule has 0 unspecified atom stereocenters. The fourth-order valence-corrected chi connectivity index (χ4v) is 2.52. The van der Waals surface area contributed by atoms with Gasteiger partial charge in [-0.1, -0.05) is 0 Å². The molecule has 0 saturated carbocycles. The largest absolute Gasteiger partial charge is 0.380 e. The molecule has 6 nitrogen and oxygen atoms in total. The molecule has 1 N–H and O–H groups in total.